The molecule has 20 heavy (non-hydrogen) atoms. The highest BCUT2D eigenvalue weighted by atomic mass is 32.2. The van der Waals surface area contributed by atoms with Crippen LogP contribution in [0.2, 0.25) is 0 Å². The third kappa shape index (κ3) is 2.37. The number of nitrogens with zero attached hydrogens (tertiary/aromatic N) is 2. The minimum atomic E-state index is 0.761. The zero-order valence-electron chi connectivity index (χ0n) is 9.99. The van der Waals surface area contributed by atoms with E-state index >= 15 is 0 Å². The van der Waals surface area contributed by atoms with Crippen molar-refractivity contribution in [2.75, 3.05) is 0 Å². The largest absolute Gasteiger partial charge is 0.342 e. The van der Waals surface area contributed by atoms with E-state index < -0.39 is 0 Å². The topological polar surface area (TPSA) is 57.4 Å². The van der Waals surface area contributed by atoms with Crippen LogP contribution in [-0.2, 0) is 0 Å². The molecule has 0 fully saturated rings. The number of imidazole rings is 2. The van der Waals surface area contributed by atoms with Gasteiger partial charge in [-0.1, -0.05) is 47.0 Å². The van der Waals surface area contributed by atoms with Crippen molar-refractivity contribution in [3.05, 3.63) is 49.0 Å². The maximum Gasteiger partial charge on any atom is 0.174 e. The first-order chi connectivity index (χ1) is 9.90. The first-order valence-corrected chi connectivity index (χ1v) is 9.18. The Kier molecular flexibility index (Phi) is 3.47. The molecule has 100 valence electrons. The number of aromatic nitrogens is 4. The smallest absolute Gasteiger partial charge is 0.174 e. The van der Waals surface area contributed by atoms with E-state index in [1.54, 1.807) is 59.4 Å². The second-order valence-electron chi connectivity index (χ2n) is 3.87. The van der Waals surface area contributed by atoms with Gasteiger partial charge in [-0.25, -0.2) is 9.97 Å². The van der Waals surface area contributed by atoms with Gasteiger partial charge in [0.1, 0.15) is 0 Å². The highest BCUT2D eigenvalue weighted by molar-refractivity contribution is 8.35. The Morgan fingerprint density at radius 1 is 0.950 bits per heavy atom. The summed E-state index contributed by atoms with van der Waals surface area (Å²) in [5.74, 6) is 1.53. The Morgan fingerprint density at radius 2 is 1.85 bits per heavy atom. The summed E-state index contributed by atoms with van der Waals surface area (Å²) in [6.07, 6.45) is 5.38. The number of aromatic amines is 2. The molecule has 4 rings (SSSR count). The zero-order valence-corrected chi connectivity index (χ0v) is 13.3. The van der Waals surface area contributed by atoms with Crippen LogP contribution in [0.15, 0.2) is 43.3 Å². The molecule has 0 saturated carbocycles. The third-order valence-electron chi connectivity index (χ3n) is 2.61. The molecule has 0 saturated heterocycles. The van der Waals surface area contributed by atoms with Gasteiger partial charge in [0.2, 0.25) is 0 Å². The maximum absolute atomic E-state index is 4.37. The summed E-state index contributed by atoms with van der Waals surface area (Å²) in [5.41, 5.74) is 1.03. The van der Waals surface area contributed by atoms with Gasteiger partial charge in [0.25, 0.3) is 0 Å². The van der Waals surface area contributed by atoms with Crippen molar-refractivity contribution in [1.82, 2.24) is 19.9 Å². The number of nitrogens with one attached hydrogen (secondary N) is 2. The lowest BCUT2D eigenvalue weighted by Gasteiger charge is -2.00. The number of rotatable bonds is 2. The monoisotopic (exact) mass is 336 g/mol. The van der Waals surface area contributed by atoms with E-state index in [1.165, 1.54) is 13.4 Å². The number of hydrogen-bond acceptors (Lipinski definition) is 6. The van der Waals surface area contributed by atoms with Gasteiger partial charge in [-0.15, -0.1) is 0 Å². The summed E-state index contributed by atoms with van der Waals surface area (Å²) in [6.45, 7) is 0. The van der Waals surface area contributed by atoms with Gasteiger partial charge in [-0.05, 0) is 16.2 Å². The summed E-state index contributed by atoms with van der Waals surface area (Å²) in [7, 11) is 0. The zero-order chi connectivity index (χ0) is 13.4. The molecule has 0 radical (unpaired) electrons. The minimum Gasteiger partial charge on any atom is -0.342 e. The van der Waals surface area contributed by atoms with Gasteiger partial charge in [-0.3, -0.25) is 0 Å². The van der Waals surface area contributed by atoms with Gasteiger partial charge >= 0.3 is 0 Å². The summed E-state index contributed by atoms with van der Waals surface area (Å²) in [5, 5.41) is 6.42. The highest BCUT2D eigenvalue weighted by Gasteiger charge is 2.21. The van der Waals surface area contributed by atoms with Crippen LogP contribution >= 0.6 is 47.0 Å². The van der Waals surface area contributed by atoms with Crippen molar-refractivity contribution in [3.8, 4) is 11.6 Å². The van der Waals surface area contributed by atoms with Gasteiger partial charge in [0, 0.05) is 17.3 Å². The van der Waals surface area contributed by atoms with Crippen LogP contribution in [0.25, 0.3) is 16.6 Å². The Hall–Kier alpha value is -0.960. The molecule has 0 atom stereocenters. The normalized spacial score (nSPS) is 18.1. The molecule has 2 aromatic rings. The molecular weight excluding hydrogens is 328 g/mol. The highest BCUT2D eigenvalue weighted by Crippen LogP contribution is 2.55. The molecule has 4 heterocycles. The van der Waals surface area contributed by atoms with Crippen LogP contribution in [0.1, 0.15) is 5.69 Å². The van der Waals surface area contributed by atoms with E-state index in [4.69, 9.17) is 0 Å². The predicted molar refractivity (Wildman–Crippen MR) is 90.7 cm³/mol. The van der Waals surface area contributed by atoms with Gasteiger partial charge in [0.05, 0.1) is 20.4 Å². The van der Waals surface area contributed by atoms with Crippen molar-refractivity contribution in [3.63, 3.8) is 0 Å². The number of thioether (sulfide) groups is 4. The fourth-order valence-electron chi connectivity index (χ4n) is 1.73. The lowest BCUT2D eigenvalue weighted by Crippen LogP contribution is -1.83. The molecule has 0 bridgehead atoms. The van der Waals surface area contributed by atoms with Crippen LogP contribution in [0.4, 0.5) is 0 Å². The Bertz CT molecular complexity index is 716. The Morgan fingerprint density at radius 3 is 2.65 bits per heavy atom. The molecule has 0 unspecified atom stereocenters. The molecule has 2 aliphatic rings. The number of H-pyrrole nitrogens is 2. The Labute approximate surface area is 132 Å². The molecule has 0 aromatic carbocycles. The van der Waals surface area contributed by atoms with Gasteiger partial charge in [0.15, 0.2) is 11.6 Å². The van der Waals surface area contributed by atoms with Crippen molar-refractivity contribution >= 4 is 52.0 Å². The lowest BCUT2D eigenvalue weighted by molar-refractivity contribution is 1.19. The van der Waals surface area contributed by atoms with E-state index in [9.17, 15) is 0 Å². The molecule has 0 amide bonds. The van der Waals surface area contributed by atoms with E-state index in [0.29, 0.717) is 0 Å². The predicted octanol–water partition coefficient (Wildman–Crippen LogP) is 4.66. The van der Waals surface area contributed by atoms with Gasteiger partial charge < -0.3 is 9.97 Å². The van der Waals surface area contributed by atoms with E-state index in [1.807, 2.05) is 6.20 Å². The minimum absolute atomic E-state index is 0.761. The molecule has 2 aromatic heterocycles. The van der Waals surface area contributed by atoms with E-state index in [-0.39, 0.29) is 0 Å². The van der Waals surface area contributed by atoms with E-state index in [0.717, 1.165) is 17.3 Å². The van der Waals surface area contributed by atoms with Crippen molar-refractivity contribution in [2.24, 2.45) is 0 Å². The van der Waals surface area contributed by atoms with Crippen LogP contribution in [0, 0.1) is 0 Å². The van der Waals surface area contributed by atoms with E-state index in [2.05, 4.69) is 36.2 Å². The average Bonchev–Trinajstić information content (AvgIpc) is 3.22. The van der Waals surface area contributed by atoms with Crippen LogP contribution in [0.3, 0.4) is 0 Å². The first kappa shape index (κ1) is 12.8. The van der Waals surface area contributed by atoms with Gasteiger partial charge in [-0.2, -0.15) is 0 Å². The van der Waals surface area contributed by atoms with Crippen molar-refractivity contribution in [2.45, 2.75) is 0 Å². The van der Waals surface area contributed by atoms with Crippen molar-refractivity contribution < 1.29 is 0 Å². The van der Waals surface area contributed by atoms with Crippen LogP contribution in [-0.4, -0.2) is 19.9 Å². The van der Waals surface area contributed by atoms with Crippen LogP contribution < -0.4 is 0 Å². The summed E-state index contributed by atoms with van der Waals surface area (Å²) in [4.78, 5) is 16.1. The summed E-state index contributed by atoms with van der Waals surface area (Å²) in [6, 6.07) is 0. The summed E-state index contributed by atoms with van der Waals surface area (Å²) >= 11 is 7.14. The molecule has 8 heteroatoms. The lowest BCUT2D eigenvalue weighted by atomic mass is 10.5. The standard InChI is InChI=1S/C12H8N4S4/c1-2-14-9(13-1)10-15-5-7(16-10)8-6-19-12(20-8)11-17-3-4-18-11/h1-6H,(H,13,14)(H,15,16). The summed E-state index contributed by atoms with van der Waals surface area (Å²) < 4.78 is 2.70. The second kappa shape index (κ2) is 5.44. The fourth-order valence-corrected chi connectivity index (χ4v) is 6.16. The first-order valence-electron chi connectivity index (χ1n) is 5.72. The molecule has 2 N–H and O–H groups in total. The molecule has 4 nitrogen and oxygen atoms in total. The fraction of sp³-hybridized carbons (Fsp3) is 0. The molecular formula is C12H8N4S4. The quantitative estimate of drug-likeness (QED) is 0.832. The SMILES string of the molecule is C1=CSC(=C2SC=C(c3cnc(-c4ncc[nH]4)[nH]3)S2)S1. The number of hydrogen-bond donors (Lipinski definition) is 2. The maximum atomic E-state index is 4.37. The third-order valence-corrected chi connectivity index (χ3v) is 7.67. The molecule has 2 aliphatic heterocycles. The molecule has 0 aliphatic carbocycles. The average molecular weight is 336 g/mol. The van der Waals surface area contributed by atoms with Crippen LogP contribution in [0.5, 0.6) is 0 Å². The Balaban J connectivity index is 1.56. The second-order valence-corrected chi connectivity index (χ2v) is 8.15. The molecule has 0 spiro atoms. The van der Waals surface area contributed by atoms with Crippen molar-refractivity contribution in [1.29, 1.82) is 0 Å².